The van der Waals surface area contributed by atoms with Crippen molar-refractivity contribution in [3.05, 3.63) is 260 Å². The van der Waals surface area contributed by atoms with Gasteiger partial charge in [-0.15, -0.1) is 0 Å². The van der Waals surface area contributed by atoms with E-state index in [1.54, 1.807) is 24.3 Å². The molecule has 0 unspecified atom stereocenters. The van der Waals surface area contributed by atoms with Gasteiger partial charge in [-0.2, -0.15) is 13.2 Å². The molecule has 0 spiro atoms. The summed E-state index contributed by atoms with van der Waals surface area (Å²) in [5.74, 6) is 3.03. The molecule has 0 saturated carbocycles. The van der Waals surface area contributed by atoms with Crippen LogP contribution in [0.3, 0.4) is 0 Å². The molecule has 0 aliphatic heterocycles. The minimum atomic E-state index is -4.68. The van der Waals surface area contributed by atoms with E-state index >= 15 is 13.2 Å². The normalized spacial score (nSPS) is 11.7. The van der Waals surface area contributed by atoms with Crippen LogP contribution in [0.4, 0.5) is 18.9 Å². The Morgan fingerprint density at radius 3 is 1.10 bits per heavy atom. The van der Waals surface area contributed by atoms with Gasteiger partial charge < -0.3 is 9.13 Å². The van der Waals surface area contributed by atoms with E-state index in [4.69, 9.17) is 36.5 Å². The average molecular weight is 1040 g/mol. The fourth-order valence-corrected chi connectivity index (χ4v) is 10.7. The Hall–Kier alpha value is -10.9. The molecule has 10 aromatic carbocycles. The summed E-state index contributed by atoms with van der Waals surface area (Å²) in [7, 11) is 0. The van der Waals surface area contributed by atoms with Crippen LogP contribution in [0.15, 0.2) is 243 Å². The second-order valence-electron chi connectivity index (χ2n) is 19.3. The molecule has 0 radical (unpaired) electrons. The summed E-state index contributed by atoms with van der Waals surface area (Å²) in [6.07, 6.45) is -4.68. The molecule has 0 amide bonds. The van der Waals surface area contributed by atoms with Gasteiger partial charge in [-0.25, -0.2) is 34.7 Å². The molecule has 0 atom stereocenters. The zero-order valence-corrected chi connectivity index (χ0v) is 42.3. The van der Waals surface area contributed by atoms with E-state index in [0.29, 0.717) is 63.1 Å². The maximum absolute atomic E-state index is 15.2. The molecule has 14 aromatic rings. The molecule has 4 heterocycles. The van der Waals surface area contributed by atoms with Crippen molar-refractivity contribution in [2.24, 2.45) is 0 Å². The summed E-state index contributed by atoms with van der Waals surface area (Å²) < 4.78 is 49.6. The van der Waals surface area contributed by atoms with E-state index in [0.717, 1.165) is 83.1 Å². The third-order valence-corrected chi connectivity index (χ3v) is 14.5. The quantitative estimate of drug-likeness (QED) is 0.134. The molecule has 12 heteroatoms. The Balaban J connectivity index is 0.967. The highest BCUT2D eigenvalue weighted by atomic mass is 19.4. The summed E-state index contributed by atoms with van der Waals surface area (Å²) in [5.41, 5.74) is 9.25. The highest BCUT2D eigenvalue weighted by Gasteiger charge is 2.32. The van der Waals surface area contributed by atoms with Crippen molar-refractivity contribution in [3.63, 3.8) is 0 Å². The molecule has 0 aliphatic carbocycles. The first-order valence-electron chi connectivity index (χ1n) is 25.8. The summed E-state index contributed by atoms with van der Waals surface area (Å²) in [5, 5.41) is 3.46. The Bertz CT molecular complexity index is 4650. The number of hydrogen-bond donors (Lipinski definition) is 0. The number of aromatic nitrogens is 8. The Morgan fingerprint density at radius 1 is 0.312 bits per heavy atom. The molecule has 0 N–H and O–H groups in total. The van der Waals surface area contributed by atoms with Crippen LogP contribution in [0.5, 0.6) is 0 Å². The number of fused-ring (bicyclic) bond motifs is 6. The van der Waals surface area contributed by atoms with Crippen LogP contribution in [0.25, 0.3) is 139 Å². The summed E-state index contributed by atoms with van der Waals surface area (Å²) in [4.78, 5) is 33.7. The monoisotopic (exact) mass is 1040 g/mol. The molecule has 9 nitrogen and oxygen atoms in total. The standard InChI is InChI=1S/C68H40F3N9/c1-72-49-33-34-52(61(41-49)80-57-29-17-15-27-51(57)54-39-47(31-36-59(54)80)67-77-64(44-22-10-4-11-23-44)74-65(78-67)45-24-12-5-13-25-45)55-40-48(68(69,70)71)32-37-60(55)79-56-28-16-14-26-50(56)53-38-46(30-35-58(53)79)66-75-62(42-18-6-2-7-19-42)73-63(76-66)43-20-8-3-9-21-43/h2-41H. The first-order chi connectivity index (χ1) is 39.2. The van der Waals surface area contributed by atoms with Gasteiger partial charge in [-0.3, -0.25) is 0 Å². The largest absolute Gasteiger partial charge is 0.416 e. The molecule has 0 bridgehead atoms. The van der Waals surface area contributed by atoms with Crippen molar-refractivity contribution in [1.82, 2.24) is 39.0 Å². The van der Waals surface area contributed by atoms with Gasteiger partial charge in [0.1, 0.15) is 0 Å². The van der Waals surface area contributed by atoms with Crippen LogP contribution in [0.1, 0.15) is 5.56 Å². The minimum Gasteiger partial charge on any atom is -0.310 e. The van der Waals surface area contributed by atoms with E-state index in [2.05, 4.69) is 10.9 Å². The van der Waals surface area contributed by atoms with Gasteiger partial charge in [0.25, 0.3) is 0 Å². The lowest BCUT2D eigenvalue weighted by Crippen LogP contribution is -2.08. The van der Waals surface area contributed by atoms with Crippen LogP contribution in [0, 0.1) is 6.57 Å². The smallest absolute Gasteiger partial charge is 0.310 e. The maximum Gasteiger partial charge on any atom is 0.416 e. The lowest BCUT2D eigenvalue weighted by Gasteiger charge is -2.20. The minimum absolute atomic E-state index is 0.310. The van der Waals surface area contributed by atoms with Gasteiger partial charge in [0.05, 0.1) is 39.9 Å². The van der Waals surface area contributed by atoms with Crippen molar-refractivity contribution in [2.75, 3.05) is 0 Å². The van der Waals surface area contributed by atoms with Crippen LogP contribution >= 0.6 is 0 Å². The van der Waals surface area contributed by atoms with Crippen molar-refractivity contribution >= 4 is 49.3 Å². The summed E-state index contributed by atoms with van der Waals surface area (Å²) >= 11 is 0. The van der Waals surface area contributed by atoms with E-state index in [-0.39, 0.29) is 0 Å². The van der Waals surface area contributed by atoms with Crippen molar-refractivity contribution in [2.45, 2.75) is 6.18 Å². The average Bonchev–Trinajstić information content (AvgIpc) is 4.05. The van der Waals surface area contributed by atoms with Crippen LogP contribution in [0.2, 0.25) is 0 Å². The molecule has 4 aromatic heterocycles. The number of nitrogens with zero attached hydrogens (tertiary/aromatic N) is 9. The molecule has 0 aliphatic rings. The SMILES string of the molecule is [C-]#[N+]c1ccc(-c2cc(C(F)(F)F)ccc2-n2c3ccccc3c3cc(-c4nc(-c5ccccc5)nc(-c5ccccc5)n4)ccc32)c(-n2c3ccccc3c3cc(-c4nc(-c5ccccc5)nc(-c5ccccc5)n4)ccc32)c1. The second kappa shape index (κ2) is 19.3. The molecule has 378 valence electrons. The van der Waals surface area contributed by atoms with E-state index in [1.807, 2.05) is 209 Å². The Kier molecular flexibility index (Phi) is 11.5. The third kappa shape index (κ3) is 8.37. The molecule has 14 rings (SSSR count). The van der Waals surface area contributed by atoms with Crippen LogP contribution < -0.4 is 0 Å². The van der Waals surface area contributed by atoms with E-state index in [9.17, 15) is 0 Å². The van der Waals surface area contributed by atoms with Crippen molar-refractivity contribution < 1.29 is 13.2 Å². The van der Waals surface area contributed by atoms with Gasteiger partial charge in [-0.1, -0.05) is 170 Å². The van der Waals surface area contributed by atoms with E-state index < -0.39 is 11.7 Å². The van der Waals surface area contributed by atoms with Gasteiger partial charge in [-0.05, 0) is 72.8 Å². The number of alkyl halides is 3. The fraction of sp³-hybridized carbons (Fsp3) is 0.0147. The van der Waals surface area contributed by atoms with Gasteiger partial charge in [0.2, 0.25) is 0 Å². The third-order valence-electron chi connectivity index (χ3n) is 14.5. The van der Waals surface area contributed by atoms with Crippen LogP contribution in [-0.2, 0) is 6.18 Å². The van der Waals surface area contributed by atoms with E-state index in [1.165, 1.54) is 6.07 Å². The highest BCUT2D eigenvalue weighted by Crippen LogP contribution is 2.45. The van der Waals surface area contributed by atoms with Crippen molar-refractivity contribution in [3.8, 4) is 90.8 Å². The summed E-state index contributed by atoms with van der Waals surface area (Å²) in [6, 6.07) is 75.9. The lowest BCUT2D eigenvalue weighted by atomic mass is 9.97. The summed E-state index contributed by atoms with van der Waals surface area (Å²) in [6.45, 7) is 8.22. The first-order valence-corrected chi connectivity index (χ1v) is 25.8. The number of halogens is 3. The molecular weight excluding hydrogens is 1000 g/mol. The molecular formula is C68H40F3N9. The van der Waals surface area contributed by atoms with Crippen LogP contribution in [-0.4, -0.2) is 39.0 Å². The fourth-order valence-electron chi connectivity index (χ4n) is 10.7. The zero-order chi connectivity index (χ0) is 53.9. The lowest BCUT2D eigenvalue weighted by molar-refractivity contribution is -0.137. The Morgan fingerprint density at radius 2 is 0.688 bits per heavy atom. The molecule has 0 fully saturated rings. The molecule has 0 saturated heterocycles. The number of hydrogen-bond acceptors (Lipinski definition) is 6. The number of para-hydroxylation sites is 2. The zero-order valence-electron chi connectivity index (χ0n) is 42.3. The number of rotatable bonds is 9. The Labute approximate surface area is 456 Å². The van der Waals surface area contributed by atoms with Gasteiger partial charge in [0.15, 0.2) is 40.6 Å². The van der Waals surface area contributed by atoms with Gasteiger partial charge in [0, 0.05) is 71.7 Å². The second-order valence-corrected chi connectivity index (χ2v) is 19.3. The van der Waals surface area contributed by atoms with Gasteiger partial charge >= 0.3 is 6.18 Å². The van der Waals surface area contributed by atoms with Crippen molar-refractivity contribution in [1.29, 1.82) is 0 Å². The molecule has 80 heavy (non-hydrogen) atoms. The first kappa shape index (κ1) is 47.5. The predicted molar refractivity (Wildman–Crippen MR) is 311 cm³/mol. The topological polar surface area (TPSA) is 91.6 Å². The predicted octanol–water partition coefficient (Wildman–Crippen LogP) is 17.5. The highest BCUT2D eigenvalue weighted by molar-refractivity contribution is 6.13. The maximum atomic E-state index is 15.2. The number of benzene rings is 10.